The van der Waals surface area contributed by atoms with Gasteiger partial charge in [-0.05, 0) is 35.2 Å². The Labute approximate surface area is 188 Å². The lowest BCUT2D eigenvalue weighted by atomic mass is 9.99. The van der Waals surface area contributed by atoms with E-state index >= 15 is 0 Å². The van der Waals surface area contributed by atoms with Gasteiger partial charge < -0.3 is 4.74 Å². The standard InChI is InChI=1S/C22H17Cl3N2OS/c1-28-20-8-7-13-5-3-4-6-16(13)17(20)9-14-12-27(26-22(14)29-2)21-18(24)10-15(23)11-19(21)25/h3-8,10-12H,9H2,1-2H3. The molecule has 1 heterocycles. The molecule has 7 heteroatoms. The van der Waals surface area contributed by atoms with Crippen LogP contribution in [0.4, 0.5) is 0 Å². The van der Waals surface area contributed by atoms with Crippen molar-refractivity contribution in [2.75, 3.05) is 13.4 Å². The summed E-state index contributed by atoms with van der Waals surface area (Å²) in [6.07, 6.45) is 4.64. The van der Waals surface area contributed by atoms with Crippen LogP contribution in [0, 0.1) is 0 Å². The molecule has 4 aromatic rings. The quantitative estimate of drug-likeness (QED) is 0.290. The van der Waals surface area contributed by atoms with Crippen LogP contribution in [0.5, 0.6) is 5.75 Å². The van der Waals surface area contributed by atoms with E-state index in [1.807, 2.05) is 30.7 Å². The predicted molar refractivity (Wildman–Crippen MR) is 124 cm³/mol. The molecule has 0 saturated heterocycles. The van der Waals surface area contributed by atoms with Gasteiger partial charge in [0.15, 0.2) is 0 Å². The van der Waals surface area contributed by atoms with Crippen molar-refractivity contribution in [2.24, 2.45) is 0 Å². The van der Waals surface area contributed by atoms with Crippen molar-refractivity contribution in [2.45, 2.75) is 11.4 Å². The van der Waals surface area contributed by atoms with Gasteiger partial charge >= 0.3 is 0 Å². The summed E-state index contributed by atoms with van der Waals surface area (Å²) >= 11 is 20.4. The van der Waals surface area contributed by atoms with Crippen LogP contribution in [0.1, 0.15) is 11.1 Å². The zero-order chi connectivity index (χ0) is 20.5. The highest BCUT2D eigenvalue weighted by Gasteiger charge is 2.18. The number of ether oxygens (including phenoxy) is 1. The second-order valence-corrected chi connectivity index (χ2v) is 8.52. The van der Waals surface area contributed by atoms with Crippen molar-refractivity contribution in [3.05, 3.63) is 80.9 Å². The first-order chi connectivity index (χ1) is 14.0. The normalized spacial score (nSPS) is 11.2. The van der Waals surface area contributed by atoms with Crippen LogP contribution in [-0.4, -0.2) is 23.1 Å². The molecule has 1 aromatic heterocycles. The lowest BCUT2D eigenvalue weighted by molar-refractivity contribution is 0.411. The summed E-state index contributed by atoms with van der Waals surface area (Å²) in [5.41, 5.74) is 2.80. The number of aromatic nitrogens is 2. The van der Waals surface area contributed by atoms with Crippen molar-refractivity contribution in [1.82, 2.24) is 9.78 Å². The number of benzene rings is 3. The molecule has 0 aliphatic heterocycles. The van der Waals surface area contributed by atoms with Gasteiger partial charge in [0.2, 0.25) is 0 Å². The number of thioether (sulfide) groups is 1. The fraction of sp³-hybridized carbons (Fsp3) is 0.136. The molecule has 0 spiro atoms. The maximum Gasteiger partial charge on any atom is 0.123 e. The summed E-state index contributed by atoms with van der Waals surface area (Å²) in [5.74, 6) is 0.853. The van der Waals surface area contributed by atoms with E-state index in [1.54, 1.807) is 35.7 Å². The van der Waals surface area contributed by atoms with Crippen LogP contribution in [0.3, 0.4) is 0 Å². The molecule has 3 aromatic carbocycles. The minimum atomic E-state index is 0.451. The van der Waals surface area contributed by atoms with E-state index in [0.29, 0.717) is 27.2 Å². The van der Waals surface area contributed by atoms with E-state index in [4.69, 9.17) is 44.6 Å². The average Bonchev–Trinajstić information content (AvgIpc) is 3.10. The number of methoxy groups -OCH3 is 1. The Kier molecular flexibility index (Phi) is 5.98. The summed E-state index contributed by atoms with van der Waals surface area (Å²) < 4.78 is 7.37. The van der Waals surface area contributed by atoms with Gasteiger partial charge in [-0.1, -0.05) is 65.1 Å². The topological polar surface area (TPSA) is 27.1 Å². The van der Waals surface area contributed by atoms with Crippen LogP contribution in [-0.2, 0) is 6.42 Å². The molecule has 0 radical (unpaired) electrons. The van der Waals surface area contributed by atoms with E-state index in [1.165, 1.54) is 5.39 Å². The Balaban J connectivity index is 1.83. The van der Waals surface area contributed by atoms with Crippen LogP contribution < -0.4 is 4.74 Å². The van der Waals surface area contributed by atoms with E-state index in [2.05, 4.69) is 18.2 Å². The molecule has 0 fully saturated rings. The Hall–Kier alpha value is -1.85. The molecular formula is C22H17Cl3N2OS. The largest absolute Gasteiger partial charge is 0.496 e. The highest BCUT2D eigenvalue weighted by molar-refractivity contribution is 7.98. The third-order valence-corrected chi connectivity index (χ3v) is 6.27. The lowest BCUT2D eigenvalue weighted by Gasteiger charge is -2.12. The van der Waals surface area contributed by atoms with Gasteiger partial charge in [0.1, 0.15) is 16.5 Å². The molecule has 0 unspecified atom stereocenters. The zero-order valence-corrected chi connectivity index (χ0v) is 18.8. The minimum Gasteiger partial charge on any atom is -0.496 e. The summed E-state index contributed by atoms with van der Waals surface area (Å²) in [4.78, 5) is 0. The number of rotatable bonds is 5. The fourth-order valence-corrected chi connectivity index (χ4v) is 4.98. The summed E-state index contributed by atoms with van der Waals surface area (Å²) in [6.45, 7) is 0. The molecule has 0 N–H and O–H groups in total. The molecule has 0 aliphatic carbocycles. The first-order valence-electron chi connectivity index (χ1n) is 8.84. The molecule has 0 saturated carbocycles. The molecule has 4 rings (SSSR count). The number of nitrogens with zero attached hydrogens (tertiary/aromatic N) is 2. The van der Waals surface area contributed by atoms with Crippen LogP contribution in [0.2, 0.25) is 15.1 Å². The number of hydrogen-bond donors (Lipinski definition) is 0. The van der Waals surface area contributed by atoms with E-state index in [-0.39, 0.29) is 0 Å². The third kappa shape index (κ3) is 3.95. The van der Waals surface area contributed by atoms with Crippen LogP contribution >= 0.6 is 46.6 Å². The lowest BCUT2D eigenvalue weighted by Crippen LogP contribution is -1.97. The molecule has 29 heavy (non-hydrogen) atoms. The molecule has 0 bridgehead atoms. The molecule has 0 atom stereocenters. The summed E-state index contributed by atoms with van der Waals surface area (Å²) in [5, 5.41) is 9.34. The fourth-order valence-electron chi connectivity index (χ4n) is 3.43. The zero-order valence-electron chi connectivity index (χ0n) is 15.7. The van der Waals surface area contributed by atoms with Crippen molar-refractivity contribution >= 4 is 57.3 Å². The first kappa shape index (κ1) is 20.4. The SMILES string of the molecule is COc1ccc2ccccc2c1Cc1cn(-c2c(Cl)cc(Cl)cc2Cl)nc1SC. The first-order valence-corrected chi connectivity index (χ1v) is 11.2. The molecular weight excluding hydrogens is 447 g/mol. The smallest absolute Gasteiger partial charge is 0.123 e. The maximum atomic E-state index is 6.40. The monoisotopic (exact) mass is 462 g/mol. The van der Waals surface area contributed by atoms with Crippen molar-refractivity contribution in [3.63, 3.8) is 0 Å². The van der Waals surface area contributed by atoms with Crippen LogP contribution in [0.25, 0.3) is 16.5 Å². The number of fused-ring (bicyclic) bond motifs is 1. The molecule has 0 aliphatic rings. The number of halogens is 3. The van der Waals surface area contributed by atoms with Crippen molar-refractivity contribution in [3.8, 4) is 11.4 Å². The van der Waals surface area contributed by atoms with Gasteiger partial charge in [-0.25, -0.2) is 4.68 Å². The Morgan fingerprint density at radius 3 is 2.45 bits per heavy atom. The highest BCUT2D eigenvalue weighted by atomic mass is 35.5. The molecule has 148 valence electrons. The van der Waals surface area contributed by atoms with Gasteiger partial charge in [-0.15, -0.1) is 11.8 Å². The van der Waals surface area contributed by atoms with Gasteiger partial charge in [-0.3, -0.25) is 0 Å². The van der Waals surface area contributed by atoms with Gasteiger partial charge in [-0.2, -0.15) is 5.10 Å². The predicted octanol–water partition coefficient (Wildman–Crippen LogP) is 7.31. The Morgan fingerprint density at radius 2 is 1.76 bits per heavy atom. The summed E-state index contributed by atoms with van der Waals surface area (Å²) in [6, 6.07) is 15.7. The second-order valence-electron chi connectivity index (χ2n) is 6.47. The third-order valence-electron chi connectivity index (χ3n) is 4.74. The van der Waals surface area contributed by atoms with Crippen molar-refractivity contribution in [1.29, 1.82) is 0 Å². The van der Waals surface area contributed by atoms with Crippen LogP contribution in [0.15, 0.2) is 59.8 Å². The van der Waals surface area contributed by atoms with Gasteiger partial charge in [0, 0.05) is 28.8 Å². The molecule has 3 nitrogen and oxygen atoms in total. The maximum absolute atomic E-state index is 6.40. The van der Waals surface area contributed by atoms with Crippen molar-refractivity contribution < 1.29 is 4.74 Å². The Morgan fingerprint density at radius 1 is 1.03 bits per heavy atom. The summed E-state index contributed by atoms with van der Waals surface area (Å²) in [7, 11) is 1.69. The minimum absolute atomic E-state index is 0.451. The van der Waals surface area contributed by atoms with Gasteiger partial charge in [0.25, 0.3) is 0 Å². The van der Waals surface area contributed by atoms with E-state index < -0.39 is 0 Å². The average molecular weight is 464 g/mol. The van der Waals surface area contributed by atoms with Gasteiger partial charge in [0.05, 0.1) is 17.2 Å². The Bertz CT molecular complexity index is 1180. The number of hydrogen-bond acceptors (Lipinski definition) is 3. The highest BCUT2D eigenvalue weighted by Crippen LogP contribution is 2.35. The second kappa shape index (κ2) is 8.49. The van der Waals surface area contributed by atoms with E-state index in [9.17, 15) is 0 Å². The van der Waals surface area contributed by atoms with E-state index in [0.717, 1.165) is 27.3 Å². The molecule has 0 amide bonds.